The molecule has 2 aromatic carbocycles. The topological polar surface area (TPSA) is 67.2 Å². The molecule has 2 aromatic rings. The summed E-state index contributed by atoms with van der Waals surface area (Å²) in [5, 5.41) is 9.22. The summed E-state index contributed by atoms with van der Waals surface area (Å²) < 4.78 is 65.2. The lowest BCUT2D eigenvalue weighted by Gasteiger charge is -2.09. The quantitative estimate of drug-likeness (QED) is 0.541. The van der Waals surface area contributed by atoms with Crippen molar-refractivity contribution in [3.05, 3.63) is 59.0 Å². The fraction of sp³-hybridized carbons (Fsp3) is 0.118. The van der Waals surface area contributed by atoms with E-state index < -0.39 is 26.9 Å². The van der Waals surface area contributed by atoms with Gasteiger partial charge in [-0.2, -0.15) is 5.26 Å². The highest BCUT2D eigenvalue weighted by molar-refractivity contribution is 7.98. The summed E-state index contributed by atoms with van der Waals surface area (Å²) >= 11 is 1.51. The Morgan fingerprint density at radius 3 is 2.15 bits per heavy atom. The maximum atomic E-state index is 12.5. The predicted octanol–water partition coefficient (Wildman–Crippen LogP) is 4.65. The van der Waals surface area contributed by atoms with E-state index in [0.29, 0.717) is 5.56 Å². The van der Waals surface area contributed by atoms with Gasteiger partial charge in [0.1, 0.15) is 16.7 Å². The number of ether oxygens (including phenoxy) is 1. The number of nitriles is 1. The first-order valence-electron chi connectivity index (χ1n) is 7.02. The van der Waals surface area contributed by atoms with E-state index in [-0.39, 0.29) is 4.90 Å². The van der Waals surface area contributed by atoms with Gasteiger partial charge in [-0.25, -0.2) is 8.42 Å². The van der Waals surface area contributed by atoms with Gasteiger partial charge in [0, 0.05) is 4.90 Å². The van der Waals surface area contributed by atoms with Crippen LogP contribution in [0.3, 0.4) is 0 Å². The SMILES string of the molecule is CSc1ccc(/C=C(\C#N)S(=O)(=O)c2ccc(OC(F)(F)F)cc2)cc1. The number of halogens is 3. The number of hydrogen-bond donors (Lipinski definition) is 0. The Morgan fingerprint density at radius 2 is 1.69 bits per heavy atom. The molecule has 0 atom stereocenters. The molecule has 0 spiro atoms. The molecule has 0 unspecified atom stereocenters. The summed E-state index contributed by atoms with van der Waals surface area (Å²) in [7, 11) is -4.17. The molecule has 0 aliphatic rings. The van der Waals surface area contributed by atoms with E-state index >= 15 is 0 Å². The van der Waals surface area contributed by atoms with Crippen LogP contribution in [0.25, 0.3) is 6.08 Å². The summed E-state index contributed by atoms with van der Waals surface area (Å²) in [6.07, 6.45) is -1.78. The molecule has 0 N–H and O–H groups in total. The number of nitrogens with zero attached hydrogens (tertiary/aromatic N) is 1. The highest BCUT2D eigenvalue weighted by Gasteiger charge is 2.31. The average Bonchev–Trinajstić information content (AvgIpc) is 2.59. The van der Waals surface area contributed by atoms with E-state index in [9.17, 15) is 26.9 Å². The molecule has 4 nitrogen and oxygen atoms in total. The third kappa shape index (κ3) is 5.03. The summed E-state index contributed by atoms with van der Waals surface area (Å²) in [5.41, 5.74) is 0.514. The van der Waals surface area contributed by atoms with Crippen molar-refractivity contribution in [3.63, 3.8) is 0 Å². The van der Waals surface area contributed by atoms with Gasteiger partial charge in [0.15, 0.2) is 0 Å². The van der Waals surface area contributed by atoms with E-state index in [0.717, 1.165) is 29.2 Å². The molecular formula is C17H12F3NO3S2. The van der Waals surface area contributed by atoms with E-state index in [1.165, 1.54) is 17.8 Å². The Kier molecular flexibility index (Phi) is 6.00. The third-order valence-electron chi connectivity index (χ3n) is 3.18. The minimum absolute atomic E-state index is 0.305. The molecule has 0 radical (unpaired) electrons. The minimum atomic E-state index is -4.87. The molecule has 9 heteroatoms. The van der Waals surface area contributed by atoms with Crippen LogP contribution in [0.2, 0.25) is 0 Å². The van der Waals surface area contributed by atoms with Crippen molar-refractivity contribution < 1.29 is 26.3 Å². The van der Waals surface area contributed by atoms with Crippen LogP contribution in [-0.2, 0) is 9.84 Å². The number of allylic oxidation sites excluding steroid dienone is 1. The maximum Gasteiger partial charge on any atom is 0.573 e. The van der Waals surface area contributed by atoms with Crippen molar-refractivity contribution in [1.29, 1.82) is 5.26 Å². The zero-order valence-corrected chi connectivity index (χ0v) is 15.0. The lowest BCUT2D eigenvalue weighted by molar-refractivity contribution is -0.274. The molecule has 0 aliphatic heterocycles. The van der Waals surface area contributed by atoms with Gasteiger partial charge < -0.3 is 4.74 Å². The largest absolute Gasteiger partial charge is 0.573 e. The number of thioether (sulfide) groups is 1. The summed E-state index contributed by atoms with van der Waals surface area (Å²) in [6, 6.07) is 12.2. The highest BCUT2D eigenvalue weighted by atomic mass is 32.2. The van der Waals surface area contributed by atoms with Crippen molar-refractivity contribution in [1.82, 2.24) is 0 Å². The van der Waals surface area contributed by atoms with Crippen LogP contribution in [0.4, 0.5) is 13.2 Å². The Labute approximate surface area is 152 Å². The van der Waals surface area contributed by atoms with Gasteiger partial charge >= 0.3 is 6.36 Å². The fourth-order valence-electron chi connectivity index (χ4n) is 1.97. The Morgan fingerprint density at radius 1 is 1.12 bits per heavy atom. The Hall–Kier alpha value is -2.44. The fourth-order valence-corrected chi connectivity index (χ4v) is 3.54. The van der Waals surface area contributed by atoms with Crippen molar-refractivity contribution >= 4 is 27.7 Å². The van der Waals surface area contributed by atoms with Crippen molar-refractivity contribution in [2.24, 2.45) is 0 Å². The van der Waals surface area contributed by atoms with Gasteiger partial charge in [-0.1, -0.05) is 12.1 Å². The average molecular weight is 399 g/mol. The van der Waals surface area contributed by atoms with Gasteiger partial charge in [0.25, 0.3) is 0 Å². The number of rotatable bonds is 5. The second-order valence-corrected chi connectivity index (χ2v) is 7.71. The van der Waals surface area contributed by atoms with Crippen LogP contribution in [-0.4, -0.2) is 21.0 Å². The van der Waals surface area contributed by atoms with Gasteiger partial charge in [0.05, 0.1) is 4.90 Å². The molecule has 0 fully saturated rings. The van der Waals surface area contributed by atoms with Crippen LogP contribution >= 0.6 is 11.8 Å². The molecule has 0 heterocycles. The summed E-state index contributed by atoms with van der Waals surface area (Å²) in [6.45, 7) is 0. The van der Waals surface area contributed by atoms with Crippen LogP contribution in [0.15, 0.2) is 63.2 Å². The second kappa shape index (κ2) is 7.85. The van der Waals surface area contributed by atoms with E-state index in [1.54, 1.807) is 30.3 Å². The van der Waals surface area contributed by atoms with Gasteiger partial charge in [0.2, 0.25) is 9.84 Å². The molecular weight excluding hydrogens is 387 g/mol. The second-order valence-electron chi connectivity index (χ2n) is 4.92. The molecule has 0 amide bonds. The summed E-state index contributed by atoms with van der Waals surface area (Å²) in [5.74, 6) is -0.549. The van der Waals surface area contributed by atoms with Crippen LogP contribution in [0.1, 0.15) is 5.56 Å². The van der Waals surface area contributed by atoms with E-state index in [4.69, 9.17) is 0 Å². The van der Waals surface area contributed by atoms with Crippen molar-refractivity contribution in [2.45, 2.75) is 16.2 Å². The van der Waals surface area contributed by atoms with Crippen LogP contribution in [0, 0.1) is 11.3 Å². The standard InChI is InChI=1S/C17H12F3NO3S2/c1-25-14-6-2-12(3-7-14)10-16(11-21)26(22,23)15-8-4-13(5-9-15)24-17(18,19)20/h2-10H,1H3/b16-10+. The number of sulfone groups is 1. The first kappa shape index (κ1) is 19.9. The molecule has 0 aliphatic carbocycles. The number of alkyl halides is 3. The zero-order chi connectivity index (χ0) is 19.4. The normalized spacial score (nSPS) is 12.5. The number of hydrogen-bond acceptors (Lipinski definition) is 5. The molecule has 136 valence electrons. The van der Waals surface area contributed by atoms with Crippen molar-refractivity contribution in [3.8, 4) is 11.8 Å². The molecule has 0 aromatic heterocycles. The molecule has 26 heavy (non-hydrogen) atoms. The lowest BCUT2D eigenvalue weighted by atomic mass is 10.2. The summed E-state index contributed by atoms with van der Waals surface area (Å²) in [4.78, 5) is 0.156. The molecule has 0 bridgehead atoms. The van der Waals surface area contributed by atoms with Crippen LogP contribution < -0.4 is 4.74 Å². The Bertz CT molecular complexity index is 943. The highest BCUT2D eigenvalue weighted by Crippen LogP contribution is 2.27. The Balaban J connectivity index is 2.34. The first-order valence-corrected chi connectivity index (χ1v) is 9.73. The van der Waals surface area contributed by atoms with Crippen molar-refractivity contribution in [2.75, 3.05) is 6.26 Å². The monoisotopic (exact) mass is 399 g/mol. The predicted molar refractivity (Wildman–Crippen MR) is 92.1 cm³/mol. The maximum absolute atomic E-state index is 12.5. The van der Waals surface area contributed by atoms with E-state index in [1.807, 2.05) is 6.26 Å². The lowest BCUT2D eigenvalue weighted by Crippen LogP contribution is -2.17. The minimum Gasteiger partial charge on any atom is -0.406 e. The van der Waals surface area contributed by atoms with E-state index in [2.05, 4.69) is 4.74 Å². The zero-order valence-electron chi connectivity index (χ0n) is 13.3. The molecule has 0 saturated carbocycles. The van der Waals surface area contributed by atoms with Gasteiger partial charge in [-0.15, -0.1) is 24.9 Å². The molecule has 2 rings (SSSR count). The molecule has 0 saturated heterocycles. The van der Waals surface area contributed by atoms with Gasteiger partial charge in [-0.05, 0) is 54.3 Å². The van der Waals surface area contributed by atoms with Gasteiger partial charge in [-0.3, -0.25) is 0 Å². The van der Waals surface area contributed by atoms with Crippen LogP contribution in [0.5, 0.6) is 5.75 Å². The smallest absolute Gasteiger partial charge is 0.406 e. The third-order valence-corrected chi connectivity index (χ3v) is 5.61. The first-order chi connectivity index (χ1) is 12.2. The number of benzene rings is 2.